The fourth-order valence-electron chi connectivity index (χ4n) is 4.06. The molecule has 1 aromatic carbocycles. The molecule has 0 saturated heterocycles. The van der Waals surface area contributed by atoms with Crippen molar-refractivity contribution in [3.05, 3.63) is 59.5 Å². The van der Waals surface area contributed by atoms with Crippen molar-refractivity contribution in [3.8, 4) is 0 Å². The molecule has 6 heteroatoms. The largest absolute Gasteiger partial charge is 0.481 e. The van der Waals surface area contributed by atoms with Gasteiger partial charge in [-0.1, -0.05) is 42.5 Å². The molecule has 2 aromatic rings. The van der Waals surface area contributed by atoms with E-state index in [9.17, 15) is 19.8 Å². The van der Waals surface area contributed by atoms with Crippen molar-refractivity contribution in [1.29, 1.82) is 0 Å². The van der Waals surface area contributed by atoms with E-state index in [4.69, 9.17) is 5.11 Å². The molecule has 3 rings (SSSR count). The lowest BCUT2D eigenvalue weighted by Crippen LogP contribution is -2.18. The number of aliphatic hydroxyl groups is 2. The maximum atomic E-state index is 12.3. The number of unbranched alkanes of at least 4 members (excludes halogenated alkanes) is 1. The van der Waals surface area contributed by atoms with E-state index in [0.29, 0.717) is 25.7 Å². The van der Waals surface area contributed by atoms with E-state index < -0.39 is 18.2 Å². The van der Waals surface area contributed by atoms with Gasteiger partial charge in [0.2, 0.25) is 0 Å². The molecule has 4 atom stereocenters. The highest BCUT2D eigenvalue weighted by Crippen LogP contribution is 2.33. The Morgan fingerprint density at radius 3 is 2.84 bits per heavy atom. The van der Waals surface area contributed by atoms with Gasteiger partial charge in [0, 0.05) is 34.3 Å². The maximum Gasteiger partial charge on any atom is 0.303 e. The number of aliphatic carboxylic acids is 1. The zero-order chi connectivity index (χ0) is 22.2. The van der Waals surface area contributed by atoms with Crippen LogP contribution in [0.15, 0.2) is 54.6 Å². The summed E-state index contributed by atoms with van der Waals surface area (Å²) in [5, 5.41) is 30.6. The SMILES string of the molecule is O=C(O)CCCC=CC[C@H]1C(=O)C[C@@H](O)[C@@H]1C=C[C@@H](O)CCc1cc2ccccc2s1. The zero-order valence-corrected chi connectivity index (χ0v) is 18.3. The fourth-order valence-corrected chi connectivity index (χ4v) is 5.14. The van der Waals surface area contributed by atoms with E-state index in [-0.39, 0.29) is 30.5 Å². The Hall–Kier alpha value is -2.28. The Balaban J connectivity index is 1.49. The molecule has 0 unspecified atom stereocenters. The standard InChI is InChI=1S/C25H30O5S/c26-18(11-13-19-15-17-7-5-6-9-24(17)31-19)12-14-21-20(22(27)16-23(21)28)8-3-1-2-4-10-25(29)30/h1,3,5-7,9,12,14-15,18,20-21,23,26,28H,2,4,8,10-11,13,16H2,(H,29,30)/t18-,20+,21+,23+/m0/s1. The predicted molar refractivity (Wildman–Crippen MR) is 123 cm³/mol. The van der Waals surface area contributed by atoms with Gasteiger partial charge < -0.3 is 15.3 Å². The van der Waals surface area contributed by atoms with Gasteiger partial charge in [-0.05, 0) is 49.6 Å². The number of Topliss-reactive ketones (excluding diaryl/α,β-unsaturated/α-hetero) is 1. The average molecular weight is 443 g/mol. The maximum absolute atomic E-state index is 12.3. The van der Waals surface area contributed by atoms with Gasteiger partial charge in [-0.15, -0.1) is 11.3 Å². The van der Waals surface area contributed by atoms with Crippen LogP contribution in [0.25, 0.3) is 10.1 Å². The minimum Gasteiger partial charge on any atom is -0.481 e. The molecule has 0 aliphatic heterocycles. The molecule has 0 bridgehead atoms. The summed E-state index contributed by atoms with van der Waals surface area (Å²) in [5.41, 5.74) is 0. The summed E-state index contributed by atoms with van der Waals surface area (Å²) >= 11 is 1.74. The molecule has 166 valence electrons. The molecule has 0 amide bonds. The van der Waals surface area contributed by atoms with Crippen LogP contribution in [0.3, 0.4) is 0 Å². The van der Waals surface area contributed by atoms with Crippen LogP contribution in [0.5, 0.6) is 0 Å². The molecular formula is C25H30O5S. The minimum atomic E-state index is -0.807. The number of hydrogen-bond acceptors (Lipinski definition) is 5. The number of carbonyl (C=O) groups is 2. The average Bonchev–Trinajstić information content (AvgIpc) is 3.27. The first-order chi connectivity index (χ1) is 14.9. The summed E-state index contributed by atoms with van der Waals surface area (Å²) in [6.07, 6.45) is 9.38. The highest BCUT2D eigenvalue weighted by atomic mass is 32.1. The quantitative estimate of drug-likeness (QED) is 0.351. The number of aryl methyl sites for hydroxylation is 1. The fraction of sp³-hybridized carbons (Fsp3) is 0.440. The topological polar surface area (TPSA) is 94.8 Å². The number of carbonyl (C=O) groups excluding carboxylic acids is 1. The van der Waals surface area contributed by atoms with E-state index in [2.05, 4.69) is 18.2 Å². The van der Waals surface area contributed by atoms with Gasteiger partial charge >= 0.3 is 5.97 Å². The summed E-state index contributed by atoms with van der Waals surface area (Å²) in [6.45, 7) is 0. The Morgan fingerprint density at radius 1 is 1.26 bits per heavy atom. The summed E-state index contributed by atoms with van der Waals surface area (Å²) in [7, 11) is 0. The lowest BCUT2D eigenvalue weighted by atomic mass is 9.90. The number of carboxylic acids is 1. The van der Waals surface area contributed by atoms with Crippen LogP contribution in [-0.4, -0.2) is 39.3 Å². The number of aliphatic hydroxyl groups excluding tert-OH is 2. The third-order valence-corrected chi connectivity index (χ3v) is 6.95. The summed E-state index contributed by atoms with van der Waals surface area (Å²) in [4.78, 5) is 24.0. The molecule has 1 fully saturated rings. The minimum absolute atomic E-state index is 0.0390. The van der Waals surface area contributed by atoms with Crippen molar-refractivity contribution in [3.63, 3.8) is 0 Å². The number of rotatable bonds is 11. The van der Waals surface area contributed by atoms with Crippen molar-refractivity contribution in [2.24, 2.45) is 11.8 Å². The van der Waals surface area contributed by atoms with Crippen molar-refractivity contribution >= 4 is 33.2 Å². The molecule has 1 aliphatic rings. The molecule has 1 saturated carbocycles. The van der Waals surface area contributed by atoms with Gasteiger partial charge in [0.1, 0.15) is 5.78 Å². The first-order valence-corrected chi connectivity index (χ1v) is 11.7. The van der Waals surface area contributed by atoms with E-state index >= 15 is 0 Å². The molecule has 31 heavy (non-hydrogen) atoms. The number of benzene rings is 1. The molecule has 1 heterocycles. The van der Waals surface area contributed by atoms with Crippen LogP contribution < -0.4 is 0 Å². The second-order valence-corrected chi connectivity index (χ2v) is 9.32. The van der Waals surface area contributed by atoms with Crippen LogP contribution in [0.1, 0.15) is 43.4 Å². The lowest BCUT2D eigenvalue weighted by Gasteiger charge is -2.16. The first-order valence-electron chi connectivity index (χ1n) is 10.9. The summed E-state index contributed by atoms with van der Waals surface area (Å²) in [5.74, 6) is -1.36. The van der Waals surface area contributed by atoms with Gasteiger partial charge in [0.05, 0.1) is 12.2 Å². The van der Waals surface area contributed by atoms with Crippen LogP contribution in [0.4, 0.5) is 0 Å². The smallest absolute Gasteiger partial charge is 0.303 e. The third-order valence-electron chi connectivity index (χ3n) is 5.77. The second-order valence-electron chi connectivity index (χ2n) is 8.16. The molecule has 0 radical (unpaired) electrons. The van der Waals surface area contributed by atoms with Crippen molar-refractivity contribution in [2.45, 2.75) is 57.2 Å². The second kappa shape index (κ2) is 11.4. The summed E-state index contributed by atoms with van der Waals surface area (Å²) < 4.78 is 1.24. The Kier molecular flexibility index (Phi) is 8.58. The van der Waals surface area contributed by atoms with Crippen LogP contribution in [0, 0.1) is 11.8 Å². The van der Waals surface area contributed by atoms with E-state index in [1.807, 2.05) is 24.3 Å². The Labute approximate surface area is 186 Å². The predicted octanol–water partition coefficient (Wildman–Crippen LogP) is 4.52. The number of thiophene rings is 1. The number of fused-ring (bicyclic) bond motifs is 1. The van der Waals surface area contributed by atoms with Crippen molar-refractivity contribution in [1.82, 2.24) is 0 Å². The molecule has 1 aliphatic carbocycles. The number of hydrogen-bond donors (Lipinski definition) is 3. The van der Waals surface area contributed by atoms with E-state index in [0.717, 1.165) is 6.42 Å². The van der Waals surface area contributed by atoms with Gasteiger partial charge in [-0.3, -0.25) is 9.59 Å². The number of allylic oxidation sites excluding steroid dienone is 2. The normalized spacial score (nSPS) is 22.8. The highest BCUT2D eigenvalue weighted by Gasteiger charge is 2.39. The summed E-state index contributed by atoms with van der Waals surface area (Å²) in [6, 6.07) is 10.4. The molecule has 5 nitrogen and oxygen atoms in total. The molecule has 0 spiro atoms. The first kappa shape index (κ1) is 23.4. The number of carboxylic acid groups (broad SMARTS) is 1. The Bertz CT molecular complexity index is 911. The van der Waals surface area contributed by atoms with Gasteiger partial charge in [-0.25, -0.2) is 0 Å². The zero-order valence-electron chi connectivity index (χ0n) is 17.5. The van der Waals surface area contributed by atoms with Crippen LogP contribution >= 0.6 is 11.3 Å². The number of ketones is 1. The highest BCUT2D eigenvalue weighted by molar-refractivity contribution is 7.19. The van der Waals surface area contributed by atoms with E-state index in [1.165, 1.54) is 15.0 Å². The lowest BCUT2D eigenvalue weighted by molar-refractivity contribution is -0.137. The van der Waals surface area contributed by atoms with Crippen molar-refractivity contribution in [2.75, 3.05) is 0 Å². The van der Waals surface area contributed by atoms with E-state index in [1.54, 1.807) is 23.5 Å². The Morgan fingerprint density at radius 2 is 2.06 bits per heavy atom. The molecular weight excluding hydrogens is 412 g/mol. The monoisotopic (exact) mass is 442 g/mol. The van der Waals surface area contributed by atoms with Crippen LogP contribution in [-0.2, 0) is 16.0 Å². The third kappa shape index (κ3) is 6.86. The molecule has 1 aromatic heterocycles. The van der Waals surface area contributed by atoms with Gasteiger partial charge in [0.25, 0.3) is 0 Å². The molecule has 3 N–H and O–H groups in total. The van der Waals surface area contributed by atoms with Gasteiger partial charge in [-0.2, -0.15) is 0 Å². The van der Waals surface area contributed by atoms with Crippen molar-refractivity contribution < 1.29 is 24.9 Å². The van der Waals surface area contributed by atoms with Crippen LogP contribution in [0.2, 0.25) is 0 Å². The van der Waals surface area contributed by atoms with Gasteiger partial charge in [0.15, 0.2) is 0 Å².